The van der Waals surface area contributed by atoms with Crippen LogP contribution in [-0.4, -0.2) is 16.1 Å². The van der Waals surface area contributed by atoms with Gasteiger partial charge in [-0.05, 0) is 30.7 Å². The second kappa shape index (κ2) is 4.98. The number of nitrogens with zero attached hydrogens (tertiary/aromatic N) is 1. The van der Waals surface area contributed by atoms with Gasteiger partial charge in [0.15, 0.2) is 0 Å². The van der Waals surface area contributed by atoms with E-state index in [-0.39, 0.29) is 16.1 Å². The van der Waals surface area contributed by atoms with Gasteiger partial charge in [0.2, 0.25) is 0 Å². The highest BCUT2D eigenvalue weighted by Gasteiger charge is 2.27. The normalized spacial score (nSPS) is 11.7. The van der Waals surface area contributed by atoms with E-state index in [1.54, 1.807) is 13.0 Å². The summed E-state index contributed by atoms with van der Waals surface area (Å²) in [5.41, 5.74) is 1.73. The average Bonchev–Trinajstić information content (AvgIpc) is 2.73. The topological polar surface area (TPSA) is 50.2 Å². The van der Waals surface area contributed by atoms with Crippen LogP contribution in [0.1, 0.15) is 41.7 Å². The molecule has 0 spiro atoms. The number of carboxylic acid groups (broad SMARTS) is 1. The van der Waals surface area contributed by atoms with Crippen molar-refractivity contribution in [2.45, 2.75) is 33.1 Å². The van der Waals surface area contributed by atoms with E-state index in [4.69, 9.17) is 0 Å². The lowest BCUT2D eigenvalue weighted by molar-refractivity contribution is 0.0699. The molecule has 0 bridgehead atoms. The number of aromatic carboxylic acids is 1. The van der Waals surface area contributed by atoms with E-state index in [1.807, 2.05) is 20.8 Å². The number of halogens is 1. The molecule has 1 aromatic carbocycles. The highest BCUT2D eigenvalue weighted by Crippen LogP contribution is 2.35. The summed E-state index contributed by atoms with van der Waals surface area (Å²) in [5.74, 6) is -1.28. The number of carbonyl (C=O) groups is 1. The predicted molar refractivity (Wildman–Crippen MR) is 77.9 cm³/mol. The smallest absolute Gasteiger partial charge is 0.347 e. The zero-order chi connectivity index (χ0) is 15.1. The van der Waals surface area contributed by atoms with Crippen molar-refractivity contribution in [3.05, 3.63) is 40.2 Å². The van der Waals surface area contributed by atoms with E-state index >= 15 is 0 Å². The maximum absolute atomic E-state index is 13.2. The maximum Gasteiger partial charge on any atom is 0.347 e. The van der Waals surface area contributed by atoms with Gasteiger partial charge in [-0.2, -0.15) is 0 Å². The first-order valence-electron chi connectivity index (χ1n) is 6.21. The molecule has 0 unspecified atom stereocenters. The zero-order valence-corrected chi connectivity index (χ0v) is 12.6. The molecule has 0 aliphatic heterocycles. The Bertz CT molecular complexity index is 671. The highest BCUT2D eigenvalue weighted by molar-refractivity contribution is 7.17. The number of carboxylic acids is 1. The summed E-state index contributed by atoms with van der Waals surface area (Å²) in [4.78, 5) is 16.1. The van der Waals surface area contributed by atoms with Crippen molar-refractivity contribution in [2.24, 2.45) is 0 Å². The number of thiazole rings is 1. The number of hydrogen-bond donors (Lipinski definition) is 1. The second-order valence-electron chi connectivity index (χ2n) is 5.71. The van der Waals surface area contributed by atoms with Crippen LogP contribution in [0.15, 0.2) is 18.2 Å². The van der Waals surface area contributed by atoms with Gasteiger partial charge in [-0.15, -0.1) is 11.3 Å². The molecule has 3 nitrogen and oxygen atoms in total. The summed E-state index contributed by atoms with van der Waals surface area (Å²) < 4.78 is 13.2. The zero-order valence-electron chi connectivity index (χ0n) is 11.8. The first kappa shape index (κ1) is 14.7. The average molecular weight is 293 g/mol. The monoisotopic (exact) mass is 293 g/mol. The Morgan fingerprint density at radius 3 is 2.45 bits per heavy atom. The SMILES string of the molecule is Cc1cc(F)ccc1-c1nc(C(C)(C)C)c(C(=O)O)s1. The lowest BCUT2D eigenvalue weighted by atomic mass is 9.91. The largest absolute Gasteiger partial charge is 0.477 e. The lowest BCUT2D eigenvalue weighted by Gasteiger charge is -2.16. The van der Waals surface area contributed by atoms with Crippen LogP contribution >= 0.6 is 11.3 Å². The third kappa shape index (κ3) is 2.72. The molecular formula is C15H16FNO2S. The van der Waals surface area contributed by atoms with E-state index in [0.717, 1.165) is 22.5 Å². The second-order valence-corrected chi connectivity index (χ2v) is 6.71. The minimum Gasteiger partial charge on any atom is -0.477 e. The molecule has 0 saturated carbocycles. The van der Waals surface area contributed by atoms with Crippen LogP contribution < -0.4 is 0 Å². The first-order chi connectivity index (χ1) is 9.20. The predicted octanol–water partition coefficient (Wildman–Crippen LogP) is 4.25. The van der Waals surface area contributed by atoms with Crippen molar-refractivity contribution in [1.82, 2.24) is 4.98 Å². The van der Waals surface area contributed by atoms with E-state index < -0.39 is 5.97 Å². The highest BCUT2D eigenvalue weighted by atomic mass is 32.1. The van der Waals surface area contributed by atoms with Crippen LogP contribution in [0.5, 0.6) is 0 Å². The van der Waals surface area contributed by atoms with Crippen molar-refractivity contribution in [2.75, 3.05) is 0 Å². The number of benzene rings is 1. The number of hydrogen-bond acceptors (Lipinski definition) is 3. The van der Waals surface area contributed by atoms with Crippen LogP contribution in [0.3, 0.4) is 0 Å². The van der Waals surface area contributed by atoms with E-state index in [1.165, 1.54) is 12.1 Å². The Morgan fingerprint density at radius 2 is 2.00 bits per heavy atom. The van der Waals surface area contributed by atoms with Gasteiger partial charge in [0.05, 0.1) is 5.69 Å². The van der Waals surface area contributed by atoms with E-state index in [9.17, 15) is 14.3 Å². The Kier molecular flexibility index (Phi) is 3.65. The summed E-state index contributed by atoms with van der Waals surface area (Å²) >= 11 is 1.13. The van der Waals surface area contributed by atoms with Gasteiger partial charge in [0.25, 0.3) is 0 Å². The summed E-state index contributed by atoms with van der Waals surface area (Å²) in [5, 5.41) is 9.93. The molecule has 106 valence electrons. The molecular weight excluding hydrogens is 277 g/mol. The van der Waals surface area contributed by atoms with Crippen LogP contribution in [0.4, 0.5) is 4.39 Å². The molecule has 5 heteroatoms. The Labute approximate surface area is 121 Å². The number of rotatable bonds is 2. The fourth-order valence-electron chi connectivity index (χ4n) is 1.96. The molecule has 0 radical (unpaired) electrons. The molecule has 1 N–H and O–H groups in total. The Balaban J connectivity index is 2.62. The van der Waals surface area contributed by atoms with Gasteiger partial charge in [-0.1, -0.05) is 20.8 Å². The Morgan fingerprint density at radius 1 is 1.35 bits per heavy atom. The minimum atomic E-state index is -0.974. The molecule has 2 rings (SSSR count). The maximum atomic E-state index is 13.2. The van der Waals surface area contributed by atoms with Crippen LogP contribution in [0, 0.1) is 12.7 Å². The van der Waals surface area contributed by atoms with Crippen molar-refractivity contribution >= 4 is 17.3 Å². The molecule has 0 aliphatic rings. The van der Waals surface area contributed by atoms with Gasteiger partial charge in [0.1, 0.15) is 15.7 Å². The fourth-order valence-corrected chi connectivity index (χ4v) is 3.16. The standard InChI is InChI=1S/C15H16FNO2S/c1-8-7-9(16)5-6-10(8)13-17-12(15(2,3)4)11(20-13)14(18)19/h5-7H,1-4H3,(H,18,19). The molecule has 1 heterocycles. The third-order valence-electron chi connectivity index (χ3n) is 2.95. The first-order valence-corrected chi connectivity index (χ1v) is 7.03. The summed E-state index contributed by atoms with van der Waals surface area (Å²) in [7, 11) is 0. The molecule has 1 aromatic heterocycles. The van der Waals surface area contributed by atoms with Crippen molar-refractivity contribution in [3.63, 3.8) is 0 Å². The van der Waals surface area contributed by atoms with E-state index in [0.29, 0.717) is 10.7 Å². The molecule has 0 fully saturated rings. The molecule has 0 saturated heterocycles. The lowest BCUT2D eigenvalue weighted by Crippen LogP contribution is -2.16. The van der Waals surface area contributed by atoms with Crippen LogP contribution in [0.25, 0.3) is 10.6 Å². The molecule has 0 amide bonds. The van der Waals surface area contributed by atoms with E-state index in [2.05, 4.69) is 4.98 Å². The summed E-state index contributed by atoms with van der Waals surface area (Å²) in [6.45, 7) is 7.57. The van der Waals surface area contributed by atoms with Gasteiger partial charge in [-0.25, -0.2) is 14.2 Å². The summed E-state index contributed by atoms with van der Waals surface area (Å²) in [6.07, 6.45) is 0. The Hall–Kier alpha value is -1.75. The molecule has 0 atom stereocenters. The van der Waals surface area contributed by atoms with Crippen molar-refractivity contribution < 1.29 is 14.3 Å². The van der Waals surface area contributed by atoms with Gasteiger partial charge in [-0.3, -0.25) is 0 Å². The van der Waals surface area contributed by atoms with Crippen LogP contribution in [-0.2, 0) is 5.41 Å². The quantitative estimate of drug-likeness (QED) is 0.900. The third-order valence-corrected chi connectivity index (χ3v) is 4.03. The molecule has 2 aromatic rings. The van der Waals surface area contributed by atoms with Gasteiger partial charge in [0, 0.05) is 11.0 Å². The van der Waals surface area contributed by atoms with Crippen molar-refractivity contribution in [1.29, 1.82) is 0 Å². The van der Waals surface area contributed by atoms with Crippen molar-refractivity contribution in [3.8, 4) is 10.6 Å². The minimum absolute atomic E-state index is 0.247. The molecule has 0 aliphatic carbocycles. The number of aryl methyl sites for hydroxylation is 1. The van der Waals surface area contributed by atoms with Gasteiger partial charge >= 0.3 is 5.97 Å². The molecule has 20 heavy (non-hydrogen) atoms. The summed E-state index contributed by atoms with van der Waals surface area (Å²) in [6, 6.07) is 4.43. The fraction of sp³-hybridized carbons (Fsp3) is 0.333. The number of aromatic nitrogens is 1. The van der Waals surface area contributed by atoms with Gasteiger partial charge < -0.3 is 5.11 Å². The van der Waals surface area contributed by atoms with Crippen LogP contribution in [0.2, 0.25) is 0 Å².